The van der Waals surface area contributed by atoms with Crippen molar-refractivity contribution in [1.29, 1.82) is 0 Å². The van der Waals surface area contributed by atoms with E-state index >= 15 is 0 Å². The second-order valence-corrected chi connectivity index (χ2v) is 6.06. The van der Waals surface area contributed by atoms with Gasteiger partial charge in [0.2, 0.25) is 5.91 Å². The fraction of sp³-hybridized carbons (Fsp3) is 0.316. The molecule has 1 aliphatic rings. The first kappa shape index (κ1) is 17.1. The van der Waals surface area contributed by atoms with Crippen LogP contribution < -0.4 is 15.0 Å². The number of amides is 1. The highest BCUT2D eigenvalue weighted by atomic mass is 16.5. The highest BCUT2D eigenvalue weighted by Gasteiger charge is 2.19. The maximum atomic E-state index is 12.2. The van der Waals surface area contributed by atoms with Crippen molar-refractivity contribution in [3.8, 4) is 11.5 Å². The zero-order valence-corrected chi connectivity index (χ0v) is 14.3. The zero-order valence-electron chi connectivity index (χ0n) is 14.3. The standard InChI is InChI=1S/C19H23N3O3/c1-25-18-4-2-3-15(13-18)20-19(24)14-21-9-11-22(12-10-21)16-5-7-17(23)8-6-16/h2-8,13,23H,9-12,14H2,1H3,(H,20,24). The van der Waals surface area contributed by atoms with Gasteiger partial charge in [0.25, 0.3) is 0 Å². The van der Waals surface area contributed by atoms with E-state index in [-0.39, 0.29) is 11.7 Å². The molecule has 0 unspecified atom stereocenters. The summed E-state index contributed by atoms with van der Waals surface area (Å²) >= 11 is 0. The van der Waals surface area contributed by atoms with Crippen LogP contribution in [0.1, 0.15) is 0 Å². The lowest BCUT2D eigenvalue weighted by Crippen LogP contribution is -2.48. The van der Waals surface area contributed by atoms with E-state index in [9.17, 15) is 9.90 Å². The van der Waals surface area contributed by atoms with Crippen molar-refractivity contribution in [3.05, 3.63) is 48.5 Å². The minimum atomic E-state index is -0.0219. The topological polar surface area (TPSA) is 65.0 Å². The zero-order chi connectivity index (χ0) is 17.6. The van der Waals surface area contributed by atoms with Crippen molar-refractivity contribution < 1.29 is 14.6 Å². The number of nitrogens with one attached hydrogen (secondary N) is 1. The molecule has 1 saturated heterocycles. The molecule has 0 aromatic heterocycles. The van der Waals surface area contributed by atoms with Gasteiger partial charge in [-0.2, -0.15) is 0 Å². The van der Waals surface area contributed by atoms with Gasteiger partial charge in [0, 0.05) is 43.6 Å². The quantitative estimate of drug-likeness (QED) is 0.872. The molecule has 0 radical (unpaired) electrons. The second-order valence-electron chi connectivity index (χ2n) is 6.06. The van der Waals surface area contributed by atoms with Crippen molar-refractivity contribution in [3.63, 3.8) is 0 Å². The molecule has 2 aromatic rings. The molecule has 1 heterocycles. The number of rotatable bonds is 5. The van der Waals surface area contributed by atoms with E-state index in [0.717, 1.165) is 43.3 Å². The smallest absolute Gasteiger partial charge is 0.238 e. The molecule has 1 fully saturated rings. The number of phenols is 1. The molecule has 0 atom stereocenters. The Balaban J connectivity index is 1.48. The number of carbonyl (C=O) groups excluding carboxylic acids is 1. The molecule has 0 spiro atoms. The van der Waals surface area contributed by atoms with E-state index in [1.165, 1.54) is 0 Å². The Morgan fingerprint density at radius 1 is 1.12 bits per heavy atom. The SMILES string of the molecule is COc1cccc(NC(=O)CN2CCN(c3ccc(O)cc3)CC2)c1. The van der Waals surface area contributed by atoms with Crippen molar-refractivity contribution in [2.45, 2.75) is 0 Å². The number of anilines is 2. The molecule has 25 heavy (non-hydrogen) atoms. The van der Waals surface area contributed by atoms with Crippen molar-refractivity contribution >= 4 is 17.3 Å². The summed E-state index contributed by atoms with van der Waals surface area (Å²) < 4.78 is 5.16. The highest BCUT2D eigenvalue weighted by Crippen LogP contribution is 2.20. The molecule has 6 nitrogen and oxygen atoms in total. The molecule has 3 rings (SSSR count). The van der Waals surface area contributed by atoms with Gasteiger partial charge in [0.1, 0.15) is 11.5 Å². The summed E-state index contributed by atoms with van der Waals surface area (Å²) in [4.78, 5) is 16.6. The molecule has 2 N–H and O–H groups in total. The maximum Gasteiger partial charge on any atom is 0.238 e. The largest absolute Gasteiger partial charge is 0.508 e. The van der Waals surface area contributed by atoms with Gasteiger partial charge in [-0.15, -0.1) is 0 Å². The lowest BCUT2D eigenvalue weighted by atomic mass is 10.2. The third-order valence-electron chi connectivity index (χ3n) is 4.31. The molecule has 1 amide bonds. The molecule has 0 aliphatic carbocycles. The number of aromatic hydroxyl groups is 1. The van der Waals surface area contributed by atoms with Gasteiger partial charge >= 0.3 is 0 Å². The summed E-state index contributed by atoms with van der Waals surface area (Å²) in [5.41, 5.74) is 1.84. The first-order valence-electron chi connectivity index (χ1n) is 8.34. The van der Waals surface area contributed by atoms with Crippen LogP contribution in [0.3, 0.4) is 0 Å². The molecule has 132 valence electrons. The average Bonchev–Trinajstić information content (AvgIpc) is 2.63. The lowest BCUT2D eigenvalue weighted by Gasteiger charge is -2.35. The van der Waals surface area contributed by atoms with Gasteiger partial charge in [0.15, 0.2) is 0 Å². The lowest BCUT2D eigenvalue weighted by molar-refractivity contribution is -0.117. The number of piperazine rings is 1. The van der Waals surface area contributed by atoms with Gasteiger partial charge in [0.05, 0.1) is 13.7 Å². The van der Waals surface area contributed by atoms with E-state index in [0.29, 0.717) is 6.54 Å². The molecular weight excluding hydrogens is 318 g/mol. The molecule has 2 aromatic carbocycles. The predicted molar refractivity (Wildman–Crippen MR) is 98.4 cm³/mol. The van der Waals surface area contributed by atoms with Crippen LogP contribution in [0.2, 0.25) is 0 Å². The number of hydrogen-bond donors (Lipinski definition) is 2. The normalized spacial score (nSPS) is 15.0. The average molecular weight is 341 g/mol. The number of nitrogens with zero attached hydrogens (tertiary/aromatic N) is 2. The van der Waals surface area contributed by atoms with E-state index < -0.39 is 0 Å². The Morgan fingerprint density at radius 2 is 1.84 bits per heavy atom. The minimum absolute atomic E-state index is 0.0219. The van der Waals surface area contributed by atoms with Gasteiger partial charge < -0.3 is 20.1 Å². The van der Waals surface area contributed by atoms with E-state index in [4.69, 9.17) is 4.74 Å². The first-order chi connectivity index (χ1) is 12.1. The summed E-state index contributed by atoms with van der Waals surface area (Å²) in [6.07, 6.45) is 0. The molecule has 1 aliphatic heterocycles. The van der Waals surface area contributed by atoms with E-state index in [1.807, 2.05) is 30.3 Å². The van der Waals surface area contributed by atoms with Crippen molar-refractivity contribution in [1.82, 2.24) is 4.90 Å². The van der Waals surface area contributed by atoms with Gasteiger partial charge in [-0.3, -0.25) is 9.69 Å². The fourth-order valence-corrected chi connectivity index (χ4v) is 2.93. The summed E-state index contributed by atoms with van der Waals surface area (Å²) in [7, 11) is 1.61. The Kier molecular flexibility index (Phi) is 5.40. The van der Waals surface area contributed by atoms with Crippen LogP contribution >= 0.6 is 0 Å². The monoisotopic (exact) mass is 341 g/mol. The van der Waals surface area contributed by atoms with Crippen LogP contribution in [-0.2, 0) is 4.79 Å². The van der Waals surface area contributed by atoms with Crippen LogP contribution in [0.25, 0.3) is 0 Å². The minimum Gasteiger partial charge on any atom is -0.508 e. The van der Waals surface area contributed by atoms with Crippen LogP contribution in [0.15, 0.2) is 48.5 Å². The summed E-state index contributed by atoms with van der Waals surface area (Å²) in [5.74, 6) is 0.975. The molecule has 6 heteroatoms. The first-order valence-corrected chi connectivity index (χ1v) is 8.34. The number of carbonyl (C=O) groups is 1. The maximum absolute atomic E-state index is 12.2. The summed E-state index contributed by atoms with van der Waals surface area (Å²) in [5, 5.41) is 12.3. The van der Waals surface area contributed by atoms with Crippen molar-refractivity contribution in [2.24, 2.45) is 0 Å². The second kappa shape index (κ2) is 7.90. The predicted octanol–water partition coefficient (Wildman–Crippen LogP) is 2.16. The van der Waals surface area contributed by atoms with Crippen LogP contribution in [0, 0.1) is 0 Å². The number of methoxy groups -OCH3 is 1. The Bertz CT molecular complexity index is 710. The van der Waals surface area contributed by atoms with E-state index in [1.54, 1.807) is 25.3 Å². The summed E-state index contributed by atoms with van der Waals surface area (Å²) in [6, 6.07) is 14.6. The summed E-state index contributed by atoms with van der Waals surface area (Å²) in [6.45, 7) is 3.74. The molecular formula is C19H23N3O3. The molecule has 0 saturated carbocycles. The number of phenolic OH excluding ortho intramolecular Hbond substituents is 1. The number of ether oxygens (including phenoxy) is 1. The Hall–Kier alpha value is -2.73. The van der Waals surface area contributed by atoms with Crippen LogP contribution in [0.4, 0.5) is 11.4 Å². The van der Waals surface area contributed by atoms with Crippen LogP contribution in [0.5, 0.6) is 11.5 Å². The third kappa shape index (κ3) is 4.64. The van der Waals surface area contributed by atoms with Gasteiger partial charge in [-0.05, 0) is 36.4 Å². The van der Waals surface area contributed by atoms with Gasteiger partial charge in [-0.1, -0.05) is 6.07 Å². The van der Waals surface area contributed by atoms with E-state index in [2.05, 4.69) is 15.1 Å². The highest BCUT2D eigenvalue weighted by molar-refractivity contribution is 5.92. The van der Waals surface area contributed by atoms with Crippen LogP contribution in [-0.4, -0.2) is 55.7 Å². The van der Waals surface area contributed by atoms with Gasteiger partial charge in [-0.25, -0.2) is 0 Å². The fourth-order valence-electron chi connectivity index (χ4n) is 2.93. The number of benzene rings is 2. The third-order valence-corrected chi connectivity index (χ3v) is 4.31. The van der Waals surface area contributed by atoms with Crippen molar-refractivity contribution in [2.75, 3.05) is 50.1 Å². The molecule has 0 bridgehead atoms. The Labute approximate surface area is 147 Å². The number of hydrogen-bond acceptors (Lipinski definition) is 5. The Morgan fingerprint density at radius 3 is 2.52 bits per heavy atom.